The summed E-state index contributed by atoms with van der Waals surface area (Å²) in [5.74, 6) is 0. The van der Waals surface area contributed by atoms with E-state index in [1.54, 1.807) is 5.49 Å². The topological polar surface area (TPSA) is 3.24 Å². The lowest BCUT2D eigenvalue weighted by Crippen LogP contribution is -2.44. The molecule has 1 fully saturated rings. The van der Waals surface area contributed by atoms with Crippen molar-refractivity contribution >= 4 is 17.7 Å². The van der Waals surface area contributed by atoms with Gasteiger partial charge >= 0.3 is 0 Å². The summed E-state index contributed by atoms with van der Waals surface area (Å²) < 4.78 is 0. The molecule has 0 unspecified atom stereocenters. The fourth-order valence-corrected chi connectivity index (χ4v) is 3.03. The van der Waals surface area contributed by atoms with Crippen molar-refractivity contribution in [1.29, 1.82) is 0 Å². The third kappa shape index (κ3) is 1.99. The second-order valence-electron chi connectivity index (χ2n) is 4.67. The summed E-state index contributed by atoms with van der Waals surface area (Å²) in [6.45, 7) is 0. The first-order valence-corrected chi connectivity index (χ1v) is 6.50. The Morgan fingerprint density at radius 3 is 2.31 bits per heavy atom. The molecule has 1 saturated carbocycles. The molecule has 1 aromatic rings. The molecule has 0 aromatic heterocycles. The summed E-state index contributed by atoms with van der Waals surface area (Å²) in [6, 6.07) is 10.8. The molecule has 0 atom stereocenters. The standard InChI is InChI=1S/C14H19NS/c1-15(12-16)14(10-6-3-7-11-14)13-8-4-2-5-9-13/h2,4-5,8-9,12H,3,6-7,10-11H2,1H3. The van der Waals surface area contributed by atoms with Crippen molar-refractivity contribution < 1.29 is 0 Å². The molecule has 2 rings (SSSR count). The van der Waals surface area contributed by atoms with Crippen LogP contribution in [0, 0.1) is 0 Å². The molecule has 86 valence electrons. The zero-order valence-corrected chi connectivity index (χ0v) is 10.7. The highest BCUT2D eigenvalue weighted by molar-refractivity contribution is 7.78. The largest absolute Gasteiger partial charge is 0.362 e. The van der Waals surface area contributed by atoms with Crippen LogP contribution in [-0.4, -0.2) is 17.4 Å². The highest BCUT2D eigenvalue weighted by atomic mass is 32.1. The maximum Gasteiger partial charge on any atom is 0.0652 e. The first-order chi connectivity index (χ1) is 7.79. The van der Waals surface area contributed by atoms with Crippen LogP contribution >= 0.6 is 12.2 Å². The lowest BCUT2D eigenvalue weighted by atomic mass is 9.76. The van der Waals surface area contributed by atoms with Crippen molar-refractivity contribution in [3.8, 4) is 0 Å². The number of rotatable bonds is 3. The van der Waals surface area contributed by atoms with Crippen LogP contribution in [0.5, 0.6) is 0 Å². The smallest absolute Gasteiger partial charge is 0.0652 e. The SMILES string of the molecule is CN(C=S)C1(c2ccccc2)CCCCC1. The Morgan fingerprint density at radius 2 is 1.75 bits per heavy atom. The van der Waals surface area contributed by atoms with Gasteiger partial charge in [0.25, 0.3) is 0 Å². The molecule has 1 nitrogen and oxygen atoms in total. The van der Waals surface area contributed by atoms with E-state index in [0.29, 0.717) is 0 Å². The van der Waals surface area contributed by atoms with Crippen LogP contribution in [0.2, 0.25) is 0 Å². The Kier molecular flexibility index (Phi) is 3.59. The lowest BCUT2D eigenvalue weighted by molar-refractivity contribution is 0.147. The third-order valence-electron chi connectivity index (χ3n) is 3.83. The quantitative estimate of drug-likeness (QED) is 0.732. The van der Waals surface area contributed by atoms with Crippen LogP contribution < -0.4 is 0 Å². The number of thiocarbonyl (C=S) groups is 1. The molecule has 1 aliphatic carbocycles. The molecule has 0 aliphatic heterocycles. The molecule has 0 heterocycles. The first-order valence-electron chi connectivity index (χ1n) is 6.03. The Morgan fingerprint density at radius 1 is 1.12 bits per heavy atom. The van der Waals surface area contributed by atoms with Gasteiger partial charge < -0.3 is 4.90 Å². The van der Waals surface area contributed by atoms with E-state index in [-0.39, 0.29) is 5.54 Å². The zero-order valence-electron chi connectivity index (χ0n) is 9.86. The maximum atomic E-state index is 5.13. The van der Waals surface area contributed by atoms with Gasteiger partial charge in [-0.2, -0.15) is 0 Å². The van der Waals surface area contributed by atoms with Gasteiger partial charge in [0.2, 0.25) is 0 Å². The van der Waals surface area contributed by atoms with E-state index in [1.165, 1.54) is 37.7 Å². The molecular formula is C14H19NS. The van der Waals surface area contributed by atoms with Gasteiger partial charge in [0.15, 0.2) is 0 Å². The van der Waals surface area contributed by atoms with Crippen molar-refractivity contribution in [1.82, 2.24) is 4.90 Å². The van der Waals surface area contributed by atoms with Crippen LogP contribution in [0.1, 0.15) is 37.7 Å². The Balaban J connectivity index is 2.37. The Labute approximate surface area is 103 Å². The highest BCUT2D eigenvalue weighted by Crippen LogP contribution is 2.40. The van der Waals surface area contributed by atoms with E-state index in [4.69, 9.17) is 12.2 Å². The molecule has 0 saturated heterocycles. The number of benzene rings is 1. The molecule has 0 spiro atoms. The van der Waals surface area contributed by atoms with E-state index in [9.17, 15) is 0 Å². The highest BCUT2D eigenvalue weighted by Gasteiger charge is 2.36. The summed E-state index contributed by atoms with van der Waals surface area (Å²) >= 11 is 5.13. The van der Waals surface area contributed by atoms with Crippen molar-refractivity contribution in [3.63, 3.8) is 0 Å². The van der Waals surface area contributed by atoms with Crippen LogP contribution in [0.25, 0.3) is 0 Å². The number of hydrogen-bond acceptors (Lipinski definition) is 1. The van der Waals surface area contributed by atoms with E-state index in [2.05, 4.69) is 42.3 Å². The molecule has 1 aliphatic rings. The molecule has 0 N–H and O–H groups in total. The van der Waals surface area contributed by atoms with Gasteiger partial charge in [-0.25, -0.2) is 0 Å². The summed E-state index contributed by atoms with van der Waals surface area (Å²) in [6.07, 6.45) is 6.42. The van der Waals surface area contributed by atoms with Crippen LogP contribution in [-0.2, 0) is 5.54 Å². The predicted octanol–water partition coefficient (Wildman–Crippen LogP) is 3.74. The van der Waals surface area contributed by atoms with Crippen LogP contribution in [0.3, 0.4) is 0 Å². The summed E-state index contributed by atoms with van der Waals surface area (Å²) in [4.78, 5) is 2.23. The van der Waals surface area contributed by atoms with Crippen LogP contribution in [0.4, 0.5) is 0 Å². The third-order valence-corrected chi connectivity index (χ3v) is 4.14. The van der Waals surface area contributed by atoms with Gasteiger partial charge in [-0.1, -0.05) is 61.8 Å². The summed E-state index contributed by atoms with van der Waals surface area (Å²) in [7, 11) is 2.12. The lowest BCUT2D eigenvalue weighted by Gasteiger charge is -2.44. The van der Waals surface area contributed by atoms with E-state index in [0.717, 1.165) is 0 Å². The zero-order chi connectivity index (χ0) is 11.4. The minimum atomic E-state index is 0.154. The maximum absolute atomic E-state index is 5.13. The monoisotopic (exact) mass is 233 g/mol. The van der Waals surface area contributed by atoms with Crippen molar-refractivity contribution in [2.24, 2.45) is 0 Å². The molecule has 0 radical (unpaired) electrons. The van der Waals surface area contributed by atoms with Gasteiger partial charge in [0, 0.05) is 7.05 Å². The first kappa shape index (κ1) is 11.6. The summed E-state index contributed by atoms with van der Waals surface area (Å²) in [5.41, 5.74) is 3.37. The normalized spacial score (nSPS) is 19.1. The second-order valence-corrected chi connectivity index (χ2v) is 4.89. The van der Waals surface area contributed by atoms with E-state index in [1.807, 2.05) is 0 Å². The molecule has 1 aromatic carbocycles. The van der Waals surface area contributed by atoms with Gasteiger partial charge in [0.05, 0.1) is 11.0 Å². The average molecular weight is 233 g/mol. The molecule has 2 heteroatoms. The number of hydrogen-bond donors (Lipinski definition) is 0. The molecule has 0 bridgehead atoms. The average Bonchev–Trinajstić information content (AvgIpc) is 2.39. The van der Waals surface area contributed by atoms with E-state index < -0.39 is 0 Å². The minimum Gasteiger partial charge on any atom is -0.362 e. The number of nitrogens with zero attached hydrogens (tertiary/aromatic N) is 1. The second kappa shape index (κ2) is 4.96. The predicted molar refractivity (Wildman–Crippen MR) is 72.6 cm³/mol. The molecular weight excluding hydrogens is 214 g/mol. The van der Waals surface area contributed by atoms with E-state index >= 15 is 0 Å². The fourth-order valence-electron chi connectivity index (χ4n) is 2.83. The van der Waals surface area contributed by atoms with Gasteiger partial charge in [-0.05, 0) is 18.4 Å². The Bertz CT molecular complexity index is 341. The van der Waals surface area contributed by atoms with Crippen LogP contribution in [0.15, 0.2) is 30.3 Å². The Hall–Kier alpha value is -0.890. The van der Waals surface area contributed by atoms with Gasteiger partial charge in [-0.3, -0.25) is 0 Å². The summed E-state index contributed by atoms with van der Waals surface area (Å²) in [5, 5.41) is 0. The van der Waals surface area contributed by atoms with Crippen molar-refractivity contribution in [2.45, 2.75) is 37.6 Å². The van der Waals surface area contributed by atoms with Crippen molar-refractivity contribution in [3.05, 3.63) is 35.9 Å². The fraction of sp³-hybridized carbons (Fsp3) is 0.500. The molecule has 0 amide bonds. The minimum absolute atomic E-state index is 0.154. The molecule has 16 heavy (non-hydrogen) atoms. The van der Waals surface area contributed by atoms with Gasteiger partial charge in [-0.15, -0.1) is 0 Å². The van der Waals surface area contributed by atoms with Gasteiger partial charge in [0.1, 0.15) is 0 Å². The van der Waals surface area contributed by atoms with Crippen molar-refractivity contribution in [2.75, 3.05) is 7.05 Å².